The van der Waals surface area contributed by atoms with Gasteiger partial charge in [0.25, 0.3) is 0 Å². The fourth-order valence-electron chi connectivity index (χ4n) is 1.89. The third-order valence-electron chi connectivity index (χ3n) is 2.78. The summed E-state index contributed by atoms with van der Waals surface area (Å²) in [6, 6.07) is 16.6. The summed E-state index contributed by atoms with van der Waals surface area (Å²) in [6.45, 7) is 1.98. The Morgan fingerprint density at radius 1 is 1.00 bits per heavy atom. The number of fused-ring (bicyclic) bond motifs is 1. The molecule has 3 aromatic rings. The average molecular weight is 255 g/mol. The van der Waals surface area contributed by atoms with Crippen LogP contribution < -0.4 is 0 Å². The van der Waals surface area contributed by atoms with Crippen molar-refractivity contribution in [3.63, 3.8) is 0 Å². The molecule has 0 unspecified atom stereocenters. The smallest absolute Gasteiger partial charge is 0.161 e. The van der Waals surface area contributed by atoms with Crippen LogP contribution in [0.25, 0.3) is 5.65 Å². The fourth-order valence-corrected chi connectivity index (χ4v) is 2.93. The number of hydrogen-bond donors (Lipinski definition) is 0. The van der Waals surface area contributed by atoms with E-state index in [-0.39, 0.29) is 0 Å². The number of hydrogen-bond acceptors (Lipinski definition) is 3. The van der Waals surface area contributed by atoms with Gasteiger partial charge in [-0.05, 0) is 24.6 Å². The summed E-state index contributed by atoms with van der Waals surface area (Å²) in [7, 11) is 0. The van der Waals surface area contributed by atoms with Crippen molar-refractivity contribution >= 4 is 17.4 Å². The van der Waals surface area contributed by atoms with E-state index in [4.69, 9.17) is 0 Å². The molecule has 0 fully saturated rings. The van der Waals surface area contributed by atoms with Crippen LogP contribution in [0.1, 0.15) is 11.4 Å². The molecule has 0 bridgehead atoms. The summed E-state index contributed by atoms with van der Waals surface area (Å²) >= 11 is 1.80. The molecule has 2 heterocycles. The van der Waals surface area contributed by atoms with Gasteiger partial charge in [-0.25, -0.2) is 0 Å². The lowest BCUT2D eigenvalue weighted by Gasteiger charge is -2.05. The van der Waals surface area contributed by atoms with Gasteiger partial charge in [0.2, 0.25) is 0 Å². The molecule has 0 aliphatic carbocycles. The molecule has 0 N–H and O–H groups in total. The van der Waals surface area contributed by atoms with Gasteiger partial charge in [0.15, 0.2) is 5.65 Å². The van der Waals surface area contributed by atoms with E-state index >= 15 is 0 Å². The van der Waals surface area contributed by atoms with Crippen LogP contribution in [0, 0.1) is 6.92 Å². The molecule has 0 atom stereocenters. The minimum Gasteiger partial charge on any atom is -0.274 e. The van der Waals surface area contributed by atoms with Gasteiger partial charge in [0.05, 0.1) is 5.03 Å². The van der Waals surface area contributed by atoms with E-state index in [2.05, 4.69) is 44.9 Å². The van der Waals surface area contributed by atoms with Crippen molar-refractivity contribution < 1.29 is 0 Å². The van der Waals surface area contributed by atoms with Crippen LogP contribution in [0.3, 0.4) is 0 Å². The quantitative estimate of drug-likeness (QED) is 0.672. The average Bonchev–Trinajstić information content (AvgIpc) is 2.80. The van der Waals surface area contributed by atoms with Crippen LogP contribution in [0.2, 0.25) is 0 Å². The zero-order chi connectivity index (χ0) is 12.4. The van der Waals surface area contributed by atoms with E-state index in [1.165, 1.54) is 10.6 Å². The largest absolute Gasteiger partial charge is 0.274 e. The standard InChI is InChI=1S/C14H13N3S/c1-11-15-16-13-8-5-9-14(17(11)13)18-10-12-6-3-2-4-7-12/h2-9H,10H2,1H3. The molecular weight excluding hydrogens is 242 g/mol. The Morgan fingerprint density at radius 2 is 1.83 bits per heavy atom. The highest BCUT2D eigenvalue weighted by Crippen LogP contribution is 2.24. The van der Waals surface area contributed by atoms with Gasteiger partial charge in [0, 0.05) is 5.75 Å². The number of rotatable bonds is 3. The molecule has 3 rings (SSSR count). The highest BCUT2D eigenvalue weighted by Gasteiger charge is 2.06. The molecule has 0 amide bonds. The van der Waals surface area contributed by atoms with Crippen LogP contribution in [0.5, 0.6) is 0 Å². The van der Waals surface area contributed by atoms with E-state index in [0.29, 0.717) is 0 Å². The van der Waals surface area contributed by atoms with Crippen molar-refractivity contribution in [2.45, 2.75) is 17.7 Å². The first-order valence-corrected chi connectivity index (χ1v) is 6.80. The molecule has 4 heteroatoms. The Hall–Kier alpha value is -1.81. The molecule has 0 aliphatic heterocycles. The van der Waals surface area contributed by atoms with Crippen LogP contribution in [-0.4, -0.2) is 14.6 Å². The predicted molar refractivity (Wildman–Crippen MR) is 73.7 cm³/mol. The molecule has 18 heavy (non-hydrogen) atoms. The molecule has 3 nitrogen and oxygen atoms in total. The summed E-state index contributed by atoms with van der Waals surface area (Å²) in [5, 5.41) is 9.42. The lowest BCUT2D eigenvalue weighted by molar-refractivity contribution is 0.936. The van der Waals surface area contributed by atoms with Gasteiger partial charge in [-0.2, -0.15) is 0 Å². The third kappa shape index (κ3) is 2.11. The third-order valence-corrected chi connectivity index (χ3v) is 3.88. The van der Waals surface area contributed by atoms with E-state index in [9.17, 15) is 0 Å². The van der Waals surface area contributed by atoms with Crippen LogP contribution >= 0.6 is 11.8 Å². The summed E-state index contributed by atoms with van der Waals surface area (Å²) < 4.78 is 2.09. The normalized spacial score (nSPS) is 10.9. The van der Waals surface area contributed by atoms with E-state index in [1.54, 1.807) is 11.8 Å². The van der Waals surface area contributed by atoms with Crippen molar-refractivity contribution in [3.05, 3.63) is 59.9 Å². The fraction of sp³-hybridized carbons (Fsp3) is 0.143. The Balaban J connectivity index is 1.89. The minimum absolute atomic E-state index is 0.908. The minimum atomic E-state index is 0.908. The summed E-state index contributed by atoms with van der Waals surface area (Å²) in [5.41, 5.74) is 2.23. The maximum Gasteiger partial charge on any atom is 0.161 e. The Labute approximate surface area is 110 Å². The zero-order valence-electron chi connectivity index (χ0n) is 10.1. The summed E-state index contributed by atoms with van der Waals surface area (Å²) in [5.74, 6) is 1.89. The van der Waals surface area contributed by atoms with Crippen LogP contribution in [0.15, 0.2) is 53.6 Å². The Bertz CT molecular complexity index is 661. The molecule has 0 radical (unpaired) electrons. The second-order valence-corrected chi connectivity index (χ2v) is 5.07. The molecule has 0 spiro atoms. The van der Waals surface area contributed by atoms with Gasteiger partial charge < -0.3 is 0 Å². The second-order valence-electron chi connectivity index (χ2n) is 4.08. The van der Waals surface area contributed by atoms with Gasteiger partial charge in [-0.1, -0.05) is 36.4 Å². The number of pyridine rings is 1. The Morgan fingerprint density at radius 3 is 2.67 bits per heavy atom. The number of aryl methyl sites for hydroxylation is 1. The van der Waals surface area contributed by atoms with Crippen LogP contribution in [0.4, 0.5) is 0 Å². The lowest BCUT2D eigenvalue weighted by Crippen LogP contribution is -1.93. The first kappa shape index (κ1) is 11.3. The summed E-state index contributed by atoms with van der Waals surface area (Å²) in [4.78, 5) is 0. The maximum atomic E-state index is 4.13. The Kier molecular flexibility index (Phi) is 3.02. The number of nitrogens with zero attached hydrogens (tertiary/aromatic N) is 3. The van der Waals surface area contributed by atoms with E-state index in [1.807, 2.05) is 25.1 Å². The highest BCUT2D eigenvalue weighted by molar-refractivity contribution is 7.98. The molecule has 1 aromatic carbocycles. The zero-order valence-corrected chi connectivity index (χ0v) is 10.9. The van der Waals surface area contributed by atoms with E-state index < -0.39 is 0 Å². The van der Waals surface area contributed by atoms with Crippen LogP contribution in [-0.2, 0) is 5.75 Å². The second kappa shape index (κ2) is 4.82. The number of thioether (sulfide) groups is 1. The van der Waals surface area contributed by atoms with Crippen molar-refractivity contribution in [2.75, 3.05) is 0 Å². The predicted octanol–water partition coefficient (Wildman–Crippen LogP) is 3.33. The SMILES string of the molecule is Cc1nnc2cccc(SCc3ccccc3)n12. The molecule has 0 aliphatic rings. The van der Waals surface area contributed by atoms with Gasteiger partial charge >= 0.3 is 0 Å². The van der Waals surface area contributed by atoms with Crippen molar-refractivity contribution in [2.24, 2.45) is 0 Å². The lowest BCUT2D eigenvalue weighted by atomic mass is 10.2. The highest BCUT2D eigenvalue weighted by atomic mass is 32.2. The van der Waals surface area contributed by atoms with Crippen molar-refractivity contribution in [3.8, 4) is 0 Å². The molecule has 0 saturated heterocycles. The maximum absolute atomic E-state index is 4.13. The number of aromatic nitrogens is 3. The first-order chi connectivity index (χ1) is 8.84. The topological polar surface area (TPSA) is 30.2 Å². The monoisotopic (exact) mass is 255 g/mol. The molecule has 90 valence electrons. The van der Waals surface area contributed by atoms with E-state index in [0.717, 1.165) is 17.2 Å². The summed E-state index contributed by atoms with van der Waals surface area (Å²) in [6.07, 6.45) is 0. The first-order valence-electron chi connectivity index (χ1n) is 5.82. The van der Waals surface area contributed by atoms with Gasteiger partial charge in [-0.3, -0.25) is 4.40 Å². The van der Waals surface area contributed by atoms with Crippen molar-refractivity contribution in [1.82, 2.24) is 14.6 Å². The van der Waals surface area contributed by atoms with Crippen molar-refractivity contribution in [1.29, 1.82) is 0 Å². The number of benzene rings is 1. The van der Waals surface area contributed by atoms with Gasteiger partial charge in [0.1, 0.15) is 5.82 Å². The molecule has 2 aromatic heterocycles. The molecule has 0 saturated carbocycles. The van der Waals surface area contributed by atoms with Gasteiger partial charge in [-0.15, -0.1) is 22.0 Å². The molecular formula is C14H13N3S.